The molecule has 2 aliphatic rings. The first-order valence-corrected chi connectivity index (χ1v) is 9.51. The molecule has 0 aromatic carbocycles. The van der Waals surface area contributed by atoms with E-state index in [1.165, 1.54) is 0 Å². The average molecular weight is 345 g/mol. The zero-order valence-corrected chi connectivity index (χ0v) is 15.9. The van der Waals surface area contributed by atoms with Crippen molar-refractivity contribution in [1.29, 1.82) is 0 Å². The predicted octanol–water partition coefficient (Wildman–Crippen LogP) is 2.91. The first-order valence-electron chi connectivity index (χ1n) is 9.51. The molecule has 1 aliphatic carbocycles. The van der Waals surface area contributed by atoms with Gasteiger partial charge in [0.25, 0.3) is 0 Å². The number of pyridine rings is 1. The number of amides is 1. The molecule has 1 aromatic heterocycles. The molecule has 1 amide bonds. The van der Waals surface area contributed by atoms with Gasteiger partial charge in [-0.25, -0.2) is 0 Å². The normalized spacial score (nSPS) is 26.2. The smallest absolute Gasteiger partial charge is 0.229 e. The summed E-state index contributed by atoms with van der Waals surface area (Å²) in [6.07, 6.45) is 5.38. The molecular weight excluding hydrogens is 314 g/mol. The Morgan fingerprint density at radius 1 is 1.40 bits per heavy atom. The van der Waals surface area contributed by atoms with E-state index in [-0.39, 0.29) is 23.5 Å². The summed E-state index contributed by atoms with van der Waals surface area (Å²) in [5.41, 5.74) is 8.06. The van der Waals surface area contributed by atoms with Gasteiger partial charge in [-0.1, -0.05) is 13.8 Å². The number of nitrogens with two attached hydrogens (primary N) is 1. The number of fused-ring (bicyclic) bond motifs is 1. The Hall–Kier alpha value is -1.62. The highest BCUT2D eigenvalue weighted by molar-refractivity contribution is 5.83. The van der Waals surface area contributed by atoms with Crippen LogP contribution in [0.5, 0.6) is 5.75 Å². The van der Waals surface area contributed by atoms with Crippen LogP contribution in [0, 0.1) is 11.3 Å². The molecule has 0 spiro atoms. The molecule has 2 atom stereocenters. The third-order valence-electron chi connectivity index (χ3n) is 5.79. The molecule has 3 rings (SSSR count). The molecule has 0 radical (unpaired) electrons. The van der Waals surface area contributed by atoms with Crippen LogP contribution in [0.25, 0.3) is 0 Å². The molecule has 2 heterocycles. The largest absolute Gasteiger partial charge is 0.489 e. The lowest BCUT2D eigenvalue weighted by atomic mass is 9.74. The van der Waals surface area contributed by atoms with Gasteiger partial charge in [0.05, 0.1) is 17.7 Å². The maximum absolute atomic E-state index is 13.4. The second-order valence-corrected chi connectivity index (χ2v) is 8.23. The Morgan fingerprint density at radius 3 is 2.76 bits per heavy atom. The van der Waals surface area contributed by atoms with Gasteiger partial charge in [0, 0.05) is 31.2 Å². The number of carbonyl (C=O) groups is 1. The first-order chi connectivity index (χ1) is 11.8. The summed E-state index contributed by atoms with van der Waals surface area (Å²) in [6.45, 7) is 9.69. The summed E-state index contributed by atoms with van der Waals surface area (Å²) in [4.78, 5) is 20.0. The monoisotopic (exact) mass is 345 g/mol. The average Bonchev–Trinajstić information content (AvgIpc) is 2.96. The van der Waals surface area contributed by atoms with Gasteiger partial charge >= 0.3 is 0 Å². The molecule has 2 N–H and O–H groups in total. The van der Waals surface area contributed by atoms with E-state index >= 15 is 0 Å². The van der Waals surface area contributed by atoms with Crippen molar-refractivity contribution in [1.82, 2.24) is 9.88 Å². The Labute approximate surface area is 150 Å². The van der Waals surface area contributed by atoms with Gasteiger partial charge in [-0.2, -0.15) is 0 Å². The number of carbonyl (C=O) groups excluding carboxylic acids is 1. The van der Waals surface area contributed by atoms with Crippen LogP contribution in [0.4, 0.5) is 0 Å². The van der Waals surface area contributed by atoms with Crippen LogP contribution >= 0.6 is 0 Å². The Kier molecular flexibility index (Phi) is 5.05. The Balaban J connectivity index is 1.80. The van der Waals surface area contributed by atoms with E-state index in [1.807, 2.05) is 24.8 Å². The standard InChI is InChI=1S/C20H31N3O2/c1-13(2)20(7-5-16(21)10-20)19(24)23-8-6-18-15(12-23)9-17(11-22-18)25-14(3)4/h9,11,13-14,16H,5-8,10,12,21H2,1-4H3/t16-,20+/m1/s1. The highest BCUT2D eigenvalue weighted by Crippen LogP contribution is 2.45. The van der Waals surface area contributed by atoms with E-state index in [0.29, 0.717) is 12.5 Å². The summed E-state index contributed by atoms with van der Waals surface area (Å²) >= 11 is 0. The molecule has 1 aromatic rings. The summed E-state index contributed by atoms with van der Waals surface area (Å²) in [5, 5.41) is 0. The van der Waals surface area contributed by atoms with Crippen LogP contribution in [-0.2, 0) is 17.8 Å². The molecule has 1 fully saturated rings. The quantitative estimate of drug-likeness (QED) is 0.911. The number of ether oxygens (including phenoxy) is 1. The van der Waals surface area contributed by atoms with Crippen molar-refractivity contribution in [2.24, 2.45) is 17.1 Å². The van der Waals surface area contributed by atoms with Crippen molar-refractivity contribution in [3.8, 4) is 5.75 Å². The van der Waals surface area contributed by atoms with Crippen molar-refractivity contribution in [3.63, 3.8) is 0 Å². The zero-order valence-electron chi connectivity index (χ0n) is 15.9. The number of nitrogens with zero attached hydrogens (tertiary/aromatic N) is 2. The molecule has 138 valence electrons. The summed E-state index contributed by atoms with van der Waals surface area (Å²) in [5.74, 6) is 1.37. The van der Waals surface area contributed by atoms with Gasteiger partial charge < -0.3 is 15.4 Å². The molecule has 5 nitrogen and oxygen atoms in total. The van der Waals surface area contributed by atoms with E-state index in [0.717, 1.165) is 49.2 Å². The fourth-order valence-electron chi connectivity index (χ4n) is 4.31. The van der Waals surface area contributed by atoms with Gasteiger partial charge in [-0.3, -0.25) is 9.78 Å². The van der Waals surface area contributed by atoms with E-state index in [1.54, 1.807) is 6.20 Å². The minimum Gasteiger partial charge on any atom is -0.489 e. The van der Waals surface area contributed by atoms with Crippen molar-refractivity contribution >= 4 is 5.91 Å². The van der Waals surface area contributed by atoms with Crippen molar-refractivity contribution in [2.75, 3.05) is 6.54 Å². The van der Waals surface area contributed by atoms with Gasteiger partial charge in [0.15, 0.2) is 0 Å². The van der Waals surface area contributed by atoms with Crippen molar-refractivity contribution in [3.05, 3.63) is 23.5 Å². The van der Waals surface area contributed by atoms with E-state index in [9.17, 15) is 4.79 Å². The predicted molar refractivity (Wildman–Crippen MR) is 98.2 cm³/mol. The summed E-state index contributed by atoms with van der Waals surface area (Å²) < 4.78 is 5.77. The molecule has 1 saturated carbocycles. The number of hydrogen-bond donors (Lipinski definition) is 1. The highest BCUT2D eigenvalue weighted by atomic mass is 16.5. The van der Waals surface area contributed by atoms with Crippen molar-refractivity contribution < 1.29 is 9.53 Å². The Morgan fingerprint density at radius 2 is 2.16 bits per heavy atom. The first kappa shape index (κ1) is 18.2. The van der Waals surface area contributed by atoms with Crippen LogP contribution in [0.1, 0.15) is 58.2 Å². The molecule has 0 saturated heterocycles. The van der Waals surface area contributed by atoms with Gasteiger partial charge in [0.2, 0.25) is 5.91 Å². The fourth-order valence-corrected chi connectivity index (χ4v) is 4.31. The SMILES string of the molecule is CC(C)Oc1cnc2c(c1)CN(C(=O)[C@@]1(C(C)C)CC[C@@H](N)C1)CC2. The van der Waals surface area contributed by atoms with E-state index < -0.39 is 0 Å². The number of rotatable bonds is 4. The molecule has 0 unspecified atom stereocenters. The molecular formula is C20H31N3O2. The van der Waals surface area contributed by atoms with Crippen LogP contribution in [-0.4, -0.2) is 34.5 Å². The number of aromatic nitrogens is 1. The van der Waals surface area contributed by atoms with Crippen LogP contribution < -0.4 is 10.5 Å². The number of hydrogen-bond acceptors (Lipinski definition) is 4. The van der Waals surface area contributed by atoms with Gasteiger partial charge in [-0.05, 0) is 50.7 Å². The lowest BCUT2D eigenvalue weighted by Crippen LogP contribution is -2.48. The third kappa shape index (κ3) is 3.52. The van der Waals surface area contributed by atoms with Crippen LogP contribution in [0.3, 0.4) is 0 Å². The minimum absolute atomic E-state index is 0.116. The van der Waals surface area contributed by atoms with Crippen LogP contribution in [0.15, 0.2) is 12.3 Å². The second-order valence-electron chi connectivity index (χ2n) is 8.23. The topological polar surface area (TPSA) is 68.5 Å². The summed E-state index contributed by atoms with van der Waals surface area (Å²) in [6, 6.07) is 2.20. The lowest BCUT2D eigenvalue weighted by Gasteiger charge is -2.39. The highest BCUT2D eigenvalue weighted by Gasteiger charge is 2.48. The van der Waals surface area contributed by atoms with E-state index in [4.69, 9.17) is 10.5 Å². The fraction of sp³-hybridized carbons (Fsp3) is 0.700. The maximum atomic E-state index is 13.4. The van der Waals surface area contributed by atoms with Crippen LogP contribution in [0.2, 0.25) is 0 Å². The van der Waals surface area contributed by atoms with Gasteiger partial charge in [-0.15, -0.1) is 0 Å². The molecule has 5 heteroatoms. The maximum Gasteiger partial charge on any atom is 0.229 e. The van der Waals surface area contributed by atoms with E-state index in [2.05, 4.69) is 18.8 Å². The minimum atomic E-state index is -0.295. The third-order valence-corrected chi connectivity index (χ3v) is 5.79. The molecule has 1 aliphatic heterocycles. The van der Waals surface area contributed by atoms with Gasteiger partial charge in [0.1, 0.15) is 5.75 Å². The molecule has 25 heavy (non-hydrogen) atoms. The zero-order chi connectivity index (χ0) is 18.2. The molecule has 0 bridgehead atoms. The van der Waals surface area contributed by atoms with Crippen molar-refractivity contribution in [2.45, 2.75) is 72.1 Å². The Bertz CT molecular complexity index is 644. The summed E-state index contributed by atoms with van der Waals surface area (Å²) in [7, 11) is 0. The lowest BCUT2D eigenvalue weighted by molar-refractivity contribution is -0.145. The second kappa shape index (κ2) is 6.94.